The van der Waals surface area contributed by atoms with Crippen LogP contribution in [0.5, 0.6) is 0 Å². The van der Waals surface area contributed by atoms with Gasteiger partial charge in [0.1, 0.15) is 0 Å². The zero-order chi connectivity index (χ0) is 24.1. The van der Waals surface area contributed by atoms with Crippen molar-refractivity contribution in [2.24, 2.45) is 0 Å². The lowest BCUT2D eigenvalue weighted by molar-refractivity contribution is 0.952. The summed E-state index contributed by atoms with van der Waals surface area (Å²) in [5.74, 6) is 0. The smallest absolute Gasteiger partial charge is 0.0264 e. The highest BCUT2D eigenvalue weighted by atomic mass is 31.1. The first-order chi connectivity index (χ1) is 14.4. The Bertz CT molecular complexity index is 332. The predicted molar refractivity (Wildman–Crippen MR) is 162 cm³/mol. The second-order valence-electron chi connectivity index (χ2n) is 11.2. The van der Waals surface area contributed by atoms with E-state index >= 15 is 0 Å². The van der Waals surface area contributed by atoms with Gasteiger partial charge in [0.15, 0.2) is 0 Å². The van der Waals surface area contributed by atoms with Crippen molar-refractivity contribution in [3.05, 3.63) is 0 Å². The van der Waals surface area contributed by atoms with E-state index in [9.17, 15) is 0 Å². The van der Waals surface area contributed by atoms with E-state index < -0.39 is 0 Å². The second kappa shape index (κ2) is 18.1. The molecule has 188 valence electrons. The quantitative estimate of drug-likeness (QED) is 0.162. The van der Waals surface area contributed by atoms with Gasteiger partial charge in [-0.1, -0.05) is 83.1 Å². The average Bonchev–Trinajstić information content (AvgIpc) is 2.62. The lowest BCUT2D eigenvalue weighted by atomic mass is 10.5. The van der Waals surface area contributed by atoms with Crippen LogP contribution in [0.15, 0.2) is 0 Å². The van der Waals surface area contributed by atoms with Crippen LogP contribution >= 0.6 is 31.7 Å². The van der Waals surface area contributed by atoms with E-state index in [1.165, 1.54) is 37.7 Å². The van der Waals surface area contributed by atoms with Gasteiger partial charge in [-0.3, -0.25) is 0 Å². The summed E-state index contributed by atoms with van der Waals surface area (Å²) in [5.41, 5.74) is 5.43. The molecule has 0 aliphatic heterocycles. The number of hydrogen-bond donors (Lipinski definition) is 0. The van der Waals surface area contributed by atoms with E-state index in [1.807, 2.05) is 0 Å². The number of rotatable bonds is 18. The van der Waals surface area contributed by atoms with Crippen molar-refractivity contribution in [1.82, 2.24) is 0 Å². The molecule has 0 amide bonds. The van der Waals surface area contributed by atoms with Gasteiger partial charge in [0.25, 0.3) is 0 Å². The minimum Gasteiger partial charge on any atom is -0.107 e. The molecule has 0 fully saturated rings. The van der Waals surface area contributed by atoms with E-state index in [-0.39, 0.29) is 31.7 Å². The van der Waals surface area contributed by atoms with Crippen LogP contribution in [0, 0.1) is 0 Å². The fraction of sp³-hybridized carbons (Fsp3) is 1.00. The van der Waals surface area contributed by atoms with Crippen molar-refractivity contribution in [2.75, 3.05) is 37.0 Å². The maximum absolute atomic E-state index is 2.47. The minimum absolute atomic E-state index is 0.227. The highest BCUT2D eigenvalue weighted by molar-refractivity contribution is 7.60. The summed E-state index contributed by atoms with van der Waals surface area (Å²) in [5, 5.41) is 0. The van der Waals surface area contributed by atoms with Crippen molar-refractivity contribution in [3.8, 4) is 0 Å². The Hall–Kier alpha value is 1.72. The van der Waals surface area contributed by atoms with Crippen molar-refractivity contribution in [1.29, 1.82) is 0 Å². The topological polar surface area (TPSA) is 0 Å². The van der Waals surface area contributed by atoms with E-state index in [0.717, 1.165) is 34.0 Å². The molecule has 0 saturated heterocycles. The molecule has 0 heterocycles. The highest BCUT2D eigenvalue weighted by Gasteiger charge is 2.20. The normalized spacial score (nSPS) is 13.4. The van der Waals surface area contributed by atoms with Crippen molar-refractivity contribution in [3.63, 3.8) is 0 Å². The molecule has 0 bridgehead atoms. The molecule has 0 aromatic carbocycles. The first-order valence-electron chi connectivity index (χ1n) is 13.4. The maximum Gasteiger partial charge on any atom is -0.0264 e. The van der Waals surface area contributed by atoms with Crippen LogP contribution in [-0.4, -0.2) is 70.9 Å². The van der Waals surface area contributed by atoms with Gasteiger partial charge in [0.2, 0.25) is 0 Å². The maximum atomic E-state index is 2.47. The molecule has 0 saturated carbocycles. The van der Waals surface area contributed by atoms with Gasteiger partial charge in [-0.25, -0.2) is 0 Å². The van der Waals surface area contributed by atoms with Crippen LogP contribution in [0.25, 0.3) is 0 Å². The fourth-order valence-corrected chi connectivity index (χ4v) is 16.6. The van der Waals surface area contributed by atoms with Gasteiger partial charge in [-0.2, -0.15) is 0 Å². The zero-order valence-electron chi connectivity index (χ0n) is 23.6. The number of hydrogen-bond acceptors (Lipinski definition) is 0. The summed E-state index contributed by atoms with van der Waals surface area (Å²) < 4.78 is 0. The predicted octanol–water partition coefficient (Wildman–Crippen LogP) is 10.5. The van der Waals surface area contributed by atoms with Gasteiger partial charge in [0, 0.05) is 0 Å². The molecule has 0 aromatic rings. The molecule has 0 aliphatic rings. The largest absolute Gasteiger partial charge is 0.107 e. The molecular formula is C27H60P4. The summed E-state index contributed by atoms with van der Waals surface area (Å²) in [6.07, 6.45) is 13.8. The molecular weight excluding hydrogens is 448 g/mol. The zero-order valence-corrected chi connectivity index (χ0v) is 27.2. The first-order valence-corrected chi connectivity index (χ1v) is 20.3. The Morgan fingerprint density at radius 1 is 0.323 bits per heavy atom. The highest BCUT2D eigenvalue weighted by Crippen LogP contribution is 2.51. The van der Waals surface area contributed by atoms with Crippen LogP contribution in [0.4, 0.5) is 0 Å². The Kier molecular flexibility index (Phi) is 19.1. The summed E-state index contributed by atoms with van der Waals surface area (Å²) in [6, 6.07) is 0. The first kappa shape index (κ1) is 32.7. The van der Waals surface area contributed by atoms with Gasteiger partial charge in [0.05, 0.1) is 0 Å². The van der Waals surface area contributed by atoms with Crippen molar-refractivity contribution in [2.45, 2.75) is 136 Å². The standard InChI is InChI=1S/C27H60P4/c1-22(2)29(23(3)4)19-13-16-28(17-14-20-30(24(5)6)25(7)8)18-15-21-31(26(9)10)27(11)12/h22-27H,13-21H2,1-12H3. The minimum atomic E-state index is 0.227. The lowest BCUT2D eigenvalue weighted by Crippen LogP contribution is -2.10. The monoisotopic (exact) mass is 508 g/mol. The fourth-order valence-electron chi connectivity index (χ4n) is 5.10. The molecule has 0 aromatic heterocycles. The summed E-state index contributed by atoms with van der Waals surface area (Å²) in [7, 11) is 0.942. The van der Waals surface area contributed by atoms with Crippen molar-refractivity contribution >= 4 is 31.7 Å². The SMILES string of the molecule is CC(C)P(CCCP(CCCP(C(C)C)C(C)C)CCCP(C(C)C)C(C)C)C(C)C. The Morgan fingerprint density at radius 2 is 0.516 bits per heavy atom. The molecule has 4 heteroatoms. The average molecular weight is 509 g/mol. The molecule has 0 atom stereocenters. The van der Waals surface area contributed by atoms with Gasteiger partial charge in [-0.15, -0.1) is 31.7 Å². The van der Waals surface area contributed by atoms with Crippen LogP contribution in [0.1, 0.15) is 102 Å². The van der Waals surface area contributed by atoms with Gasteiger partial charge in [-0.05, 0) is 90.2 Å². The van der Waals surface area contributed by atoms with Crippen LogP contribution in [0.3, 0.4) is 0 Å². The van der Waals surface area contributed by atoms with Crippen molar-refractivity contribution < 1.29 is 0 Å². The Balaban J connectivity index is 4.80. The Labute approximate surface area is 204 Å². The molecule has 0 spiro atoms. The Morgan fingerprint density at radius 3 is 0.677 bits per heavy atom. The third-order valence-electron chi connectivity index (χ3n) is 6.65. The van der Waals surface area contributed by atoms with E-state index in [1.54, 1.807) is 18.5 Å². The molecule has 0 rings (SSSR count). The van der Waals surface area contributed by atoms with E-state index in [4.69, 9.17) is 0 Å². The van der Waals surface area contributed by atoms with Gasteiger partial charge >= 0.3 is 0 Å². The van der Waals surface area contributed by atoms with E-state index in [0.29, 0.717) is 0 Å². The molecule has 0 radical (unpaired) electrons. The third kappa shape index (κ3) is 14.7. The molecule has 0 unspecified atom stereocenters. The van der Waals surface area contributed by atoms with E-state index in [2.05, 4.69) is 83.1 Å². The summed E-state index contributed by atoms with van der Waals surface area (Å²) in [6.45, 7) is 29.6. The molecule has 0 N–H and O–H groups in total. The summed E-state index contributed by atoms with van der Waals surface area (Å²) in [4.78, 5) is 0. The van der Waals surface area contributed by atoms with Crippen LogP contribution in [-0.2, 0) is 0 Å². The van der Waals surface area contributed by atoms with Crippen LogP contribution in [0.2, 0.25) is 0 Å². The molecule has 31 heavy (non-hydrogen) atoms. The second-order valence-corrected chi connectivity index (χ2v) is 24.5. The third-order valence-corrected chi connectivity index (χ3v) is 20.0. The molecule has 0 aliphatic carbocycles. The van der Waals surface area contributed by atoms with Crippen LogP contribution < -0.4 is 0 Å². The molecule has 0 nitrogen and oxygen atoms in total. The van der Waals surface area contributed by atoms with Gasteiger partial charge < -0.3 is 0 Å². The lowest BCUT2D eigenvalue weighted by Gasteiger charge is -2.29. The summed E-state index contributed by atoms with van der Waals surface area (Å²) >= 11 is 0.